The van der Waals surface area contributed by atoms with E-state index in [4.69, 9.17) is 0 Å². The van der Waals surface area contributed by atoms with Crippen LogP contribution in [-0.4, -0.2) is 34.2 Å². The average molecular weight is 280 g/mol. The fourth-order valence-corrected chi connectivity index (χ4v) is 3.18. The number of hydrogen-bond donors (Lipinski definition) is 0. The molecule has 0 radical (unpaired) electrons. The van der Waals surface area contributed by atoms with E-state index in [1.54, 1.807) is 6.92 Å². The number of amides is 1. The Morgan fingerprint density at radius 1 is 1.42 bits per heavy atom. The molecule has 1 saturated heterocycles. The predicted octanol–water partition coefficient (Wildman–Crippen LogP) is 2.82. The molecule has 19 heavy (non-hydrogen) atoms. The second-order valence-electron chi connectivity index (χ2n) is 5.16. The number of carbonyl (C=O) groups excluding carboxylic acids is 2. The van der Waals surface area contributed by atoms with Gasteiger partial charge in [0.1, 0.15) is 11.5 Å². The van der Waals surface area contributed by atoms with Gasteiger partial charge in [0.25, 0.3) is 5.91 Å². The number of ketones is 1. The van der Waals surface area contributed by atoms with Crippen molar-refractivity contribution in [2.45, 2.75) is 52.0 Å². The molecule has 1 atom stereocenters. The first-order valence-electron chi connectivity index (χ1n) is 6.80. The smallest absolute Gasteiger partial charge is 0.273 e. The standard InChI is InChI=1S/C14H20N2O2S/c1-10(17)8-12-6-4-3-5-7-16(12)14(18)13-9-19-11(2)15-13/h9,12H,3-8H2,1-2H3. The molecule has 4 nitrogen and oxygen atoms in total. The zero-order valence-electron chi connectivity index (χ0n) is 11.5. The third kappa shape index (κ3) is 3.62. The van der Waals surface area contributed by atoms with Crippen molar-refractivity contribution >= 4 is 23.0 Å². The van der Waals surface area contributed by atoms with Crippen molar-refractivity contribution in [3.8, 4) is 0 Å². The summed E-state index contributed by atoms with van der Waals surface area (Å²) in [6.07, 6.45) is 4.64. The molecule has 1 unspecified atom stereocenters. The second-order valence-corrected chi connectivity index (χ2v) is 6.22. The molecule has 1 aliphatic heterocycles. The Labute approximate surface area is 117 Å². The third-order valence-electron chi connectivity index (χ3n) is 3.50. The quantitative estimate of drug-likeness (QED) is 0.855. The van der Waals surface area contributed by atoms with Gasteiger partial charge in [-0.25, -0.2) is 4.98 Å². The van der Waals surface area contributed by atoms with E-state index in [2.05, 4.69) is 4.98 Å². The molecule has 0 saturated carbocycles. The third-order valence-corrected chi connectivity index (χ3v) is 4.27. The Morgan fingerprint density at radius 2 is 2.21 bits per heavy atom. The summed E-state index contributed by atoms with van der Waals surface area (Å²) in [7, 11) is 0. The zero-order valence-corrected chi connectivity index (χ0v) is 12.3. The van der Waals surface area contributed by atoms with Crippen LogP contribution in [0.3, 0.4) is 0 Å². The molecular formula is C14H20N2O2S. The highest BCUT2D eigenvalue weighted by atomic mass is 32.1. The van der Waals surface area contributed by atoms with Crippen molar-refractivity contribution in [2.24, 2.45) is 0 Å². The normalized spacial score (nSPS) is 20.1. The first-order chi connectivity index (χ1) is 9.08. The van der Waals surface area contributed by atoms with Crippen LogP contribution in [0.25, 0.3) is 0 Å². The maximum absolute atomic E-state index is 12.5. The number of thiazole rings is 1. The maximum atomic E-state index is 12.5. The number of aromatic nitrogens is 1. The SMILES string of the molecule is CC(=O)CC1CCCCCN1C(=O)c1csc(C)n1. The van der Waals surface area contributed by atoms with Crippen molar-refractivity contribution in [3.05, 3.63) is 16.1 Å². The second kappa shape index (κ2) is 6.28. The highest BCUT2D eigenvalue weighted by Gasteiger charge is 2.28. The van der Waals surface area contributed by atoms with Crippen LogP contribution in [0.15, 0.2) is 5.38 Å². The number of aryl methyl sites for hydroxylation is 1. The van der Waals surface area contributed by atoms with Crippen molar-refractivity contribution in [3.63, 3.8) is 0 Å². The van der Waals surface area contributed by atoms with Crippen LogP contribution in [-0.2, 0) is 4.79 Å². The average Bonchev–Trinajstić information content (AvgIpc) is 2.65. The van der Waals surface area contributed by atoms with E-state index in [1.165, 1.54) is 11.3 Å². The molecule has 104 valence electrons. The van der Waals surface area contributed by atoms with Crippen LogP contribution in [0.5, 0.6) is 0 Å². The largest absolute Gasteiger partial charge is 0.334 e. The minimum atomic E-state index is -0.0162. The van der Waals surface area contributed by atoms with Gasteiger partial charge in [-0.15, -0.1) is 11.3 Å². The summed E-state index contributed by atoms with van der Waals surface area (Å²) < 4.78 is 0. The summed E-state index contributed by atoms with van der Waals surface area (Å²) in [6, 6.07) is 0.0505. The van der Waals surface area contributed by atoms with Crippen LogP contribution in [0.2, 0.25) is 0 Å². The molecule has 1 aromatic heterocycles. The minimum Gasteiger partial charge on any atom is -0.334 e. The van der Waals surface area contributed by atoms with Crippen LogP contribution in [0.1, 0.15) is 54.5 Å². The van der Waals surface area contributed by atoms with Crippen molar-refractivity contribution in [1.82, 2.24) is 9.88 Å². The number of rotatable bonds is 3. The molecule has 2 heterocycles. The number of Topliss-reactive ketones (excluding diaryl/α,β-unsaturated/α-hetero) is 1. The monoisotopic (exact) mass is 280 g/mol. The molecule has 0 aromatic carbocycles. The number of hydrogen-bond acceptors (Lipinski definition) is 4. The maximum Gasteiger partial charge on any atom is 0.273 e. The van der Waals surface area contributed by atoms with Crippen LogP contribution >= 0.6 is 11.3 Å². The molecule has 0 N–H and O–H groups in total. The fraction of sp³-hybridized carbons (Fsp3) is 0.643. The lowest BCUT2D eigenvalue weighted by Crippen LogP contribution is -2.41. The van der Waals surface area contributed by atoms with E-state index in [-0.39, 0.29) is 17.7 Å². The summed E-state index contributed by atoms with van der Waals surface area (Å²) in [6.45, 7) is 4.24. The molecule has 0 spiro atoms. The van der Waals surface area contributed by atoms with E-state index in [0.29, 0.717) is 12.1 Å². The Bertz CT molecular complexity index is 470. The zero-order chi connectivity index (χ0) is 13.8. The number of nitrogens with zero attached hydrogens (tertiary/aromatic N) is 2. The molecule has 2 rings (SSSR count). The van der Waals surface area contributed by atoms with Gasteiger partial charge in [-0.05, 0) is 26.7 Å². The van der Waals surface area contributed by atoms with Crippen molar-refractivity contribution in [2.75, 3.05) is 6.54 Å². The van der Waals surface area contributed by atoms with Gasteiger partial charge in [0.15, 0.2) is 0 Å². The first kappa shape index (κ1) is 14.2. The van der Waals surface area contributed by atoms with Gasteiger partial charge in [-0.1, -0.05) is 12.8 Å². The summed E-state index contributed by atoms with van der Waals surface area (Å²) in [5.74, 6) is 0.136. The molecule has 1 amide bonds. The fourth-order valence-electron chi connectivity index (χ4n) is 2.60. The van der Waals surface area contributed by atoms with Gasteiger partial charge in [0.2, 0.25) is 0 Å². The van der Waals surface area contributed by atoms with Gasteiger partial charge < -0.3 is 4.90 Å². The van der Waals surface area contributed by atoms with E-state index >= 15 is 0 Å². The topological polar surface area (TPSA) is 50.3 Å². The van der Waals surface area contributed by atoms with Gasteiger partial charge in [-0.2, -0.15) is 0 Å². The van der Waals surface area contributed by atoms with E-state index < -0.39 is 0 Å². The highest BCUT2D eigenvalue weighted by molar-refractivity contribution is 7.09. The lowest BCUT2D eigenvalue weighted by atomic mass is 10.0. The Hall–Kier alpha value is -1.23. The van der Waals surface area contributed by atoms with E-state index in [0.717, 1.165) is 37.2 Å². The molecule has 1 fully saturated rings. The molecular weight excluding hydrogens is 260 g/mol. The molecule has 0 aliphatic carbocycles. The van der Waals surface area contributed by atoms with Gasteiger partial charge >= 0.3 is 0 Å². The van der Waals surface area contributed by atoms with E-state index in [9.17, 15) is 9.59 Å². The summed E-state index contributed by atoms with van der Waals surface area (Å²) in [5.41, 5.74) is 0.526. The van der Waals surface area contributed by atoms with Crippen LogP contribution in [0.4, 0.5) is 0 Å². The first-order valence-corrected chi connectivity index (χ1v) is 7.68. The summed E-state index contributed by atoms with van der Waals surface area (Å²) >= 11 is 1.49. The van der Waals surface area contributed by atoms with E-state index in [1.807, 2.05) is 17.2 Å². The Kier molecular flexibility index (Phi) is 4.69. The molecule has 0 bridgehead atoms. The van der Waals surface area contributed by atoms with Gasteiger partial charge in [0, 0.05) is 24.4 Å². The summed E-state index contributed by atoms with van der Waals surface area (Å²) in [4.78, 5) is 30.0. The van der Waals surface area contributed by atoms with Crippen LogP contribution < -0.4 is 0 Å². The summed E-state index contributed by atoms with van der Waals surface area (Å²) in [5, 5.41) is 2.72. The van der Waals surface area contributed by atoms with Gasteiger partial charge in [-0.3, -0.25) is 9.59 Å². The van der Waals surface area contributed by atoms with Crippen molar-refractivity contribution in [1.29, 1.82) is 0 Å². The Morgan fingerprint density at radius 3 is 2.84 bits per heavy atom. The molecule has 1 aliphatic rings. The lowest BCUT2D eigenvalue weighted by Gasteiger charge is -2.28. The number of likely N-dealkylation sites (tertiary alicyclic amines) is 1. The minimum absolute atomic E-state index is 0.0162. The van der Waals surface area contributed by atoms with Crippen LogP contribution in [0, 0.1) is 6.92 Å². The molecule has 1 aromatic rings. The predicted molar refractivity (Wildman–Crippen MR) is 75.4 cm³/mol. The Balaban J connectivity index is 2.17. The molecule has 5 heteroatoms. The number of carbonyl (C=O) groups is 2. The van der Waals surface area contributed by atoms with Crippen molar-refractivity contribution < 1.29 is 9.59 Å². The van der Waals surface area contributed by atoms with Gasteiger partial charge in [0.05, 0.1) is 5.01 Å². The lowest BCUT2D eigenvalue weighted by molar-refractivity contribution is -0.118. The highest BCUT2D eigenvalue weighted by Crippen LogP contribution is 2.22.